The number of alkyl carbamates (subject to hydrolysis) is 1. The summed E-state index contributed by atoms with van der Waals surface area (Å²) in [4.78, 5) is 36.3. The molecule has 0 radical (unpaired) electrons. The highest BCUT2D eigenvalue weighted by molar-refractivity contribution is 5.84. The number of amides is 1. The second-order valence-electron chi connectivity index (χ2n) is 8.70. The van der Waals surface area contributed by atoms with Gasteiger partial charge in [0.2, 0.25) is 0 Å². The number of ether oxygens (including phenoxy) is 3. The van der Waals surface area contributed by atoms with Gasteiger partial charge in [0.15, 0.2) is 0 Å². The molecule has 0 saturated heterocycles. The van der Waals surface area contributed by atoms with E-state index in [0.29, 0.717) is 5.56 Å². The largest absolute Gasteiger partial charge is 0.458 e. The second-order valence-corrected chi connectivity index (χ2v) is 8.70. The molecular formula is C21H29F2NO6. The summed E-state index contributed by atoms with van der Waals surface area (Å²) in [5, 5.41) is 2.06. The predicted molar refractivity (Wildman–Crippen MR) is 105 cm³/mol. The van der Waals surface area contributed by atoms with E-state index in [1.807, 2.05) is 0 Å². The van der Waals surface area contributed by atoms with Crippen LogP contribution in [0.1, 0.15) is 53.5 Å². The van der Waals surface area contributed by atoms with Crippen LogP contribution in [0.5, 0.6) is 0 Å². The zero-order valence-electron chi connectivity index (χ0n) is 18.1. The minimum Gasteiger partial charge on any atom is -0.458 e. The van der Waals surface area contributed by atoms with E-state index >= 15 is 0 Å². The van der Waals surface area contributed by atoms with Crippen molar-refractivity contribution < 1.29 is 37.4 Å². The van der Waals surface area contributed by atoms with Gasteiger partial charge in [-0.3, -0.25) is 0 Å². The Bertz CT molecular complexity index is 738. The number of nitrogens with one attached hydrogen (secondary N) is 1. The molecule has 0 saturated carbocycles. The summed E-state index contributed by atoms with van der Waals surface area (Å²) in [6, 6.07) is 6.84. The SMILES string of the molecule is CC(C)(C)OC(=O)C(CC(F)(F)C(=O)OC(C)(C)C)NC(=O)OCc1ccccc1. The zero-order chi connectivity index (χ0) is 23.2. The van der Waals surface area contributed by atoms with Crippen molar-refractivity contribution in [3.05, 3.63) is 35.9 Å². The molecule has 1 N–H and O–H groups in total. The van der Waals surface area contributed by atoms with E-state index in [9.17, 15) is 23.2 Å². The monoisotopic (exact) mass is 429 g/mol. The number of rotatable bonds is 7. The van der Waals surface area contributed by atoms with Gasteiger partial charge in [0.25, 0.3) is 0 Å². The normalized spacial score (nSPS) is 13.2. The molecule has 30 heavy (non-hydrogen) atoms. The average Bonchev–Trinajstić information content (AvgIpc) is 2.57. The van der Waals surface area contributed by atoms with Crippen molar-refractivity contribution in [2.75, 3.05) is 0 Å². The van der Waals surface area contributed by atoms with E-state index in [0.717, 1.165) is 0 Å². The van der Waals surface area contributed by atoms with Gasteiger partial charge in [-0.05, 0) is 47.1 Å². The van der Waals surface area contributed by atoms with Crippen LogP contribution in [0, 0.1) is 0 Å². The molecule has 1 rings (SSSR count). The van der Waals surface area contributed by atoms with Crippen LogP contribution in [0.25, 0.3) is 0 Å². The first-order valence-corrected chi connectivity index (χ1v) is 9.40. The van der Waals surface area contributed by atoms with Crippen LogP contribution in [0.15, 0.2) is 30.3 Å². The van der Waals surface area contributed by atoms with Gasteiger partial charge in [-0.1, -0.05) is 30.3 Å². The molecule has 0 aliphatic carbocycles. The Morgan fingerprint density at radius 2 is 1.47 bits per heavy atom. The molecule has 9 heteroatoms. The van der Waals surface area contributed by atoms with Crippen molar-refractivity contribution in [3.63, 3.8) is 0 Å². The fourth-order valence-corrected chi connectivity index (χ4v) is 2.17. The summed E-state index contributed by atoms with van der Waals surface area (Å²) in [6.45, 7) is 8.81. The van der Waals surface area contributed by atoms with Crippen LogP contribution in [0.2, 0.25) is 0 Å². The Kier molecular flexibility index (Phi) is 8.33. The Labute approximate surface area is 175 Å². The molecule has 1 aromatic rings. The third-order valence-corrected chi connectivity index (χ3v) is 3.35. The molecule has 1 aromatic carbocycles. The van der Waals surface area contributed by atoms with Gasteiger partial charge in [-0.15, -0.1) is 0 Å². The number of hydrogen-bond donors (Lipinski definition) is 1. The van der Waals surface area contributed by atoms with Gasteiger partial charge in [-0.2, -0.15) is 8.78 Å². The van der Waals surface area contributed by atoms with E-state index in [1.165, 1.54) is 20.8 Å². The van der Waals surface area contributed by atoms with Crippen LogP contribution >= 0.6 is 0 Å². The number of esters is 2. The van der Waals surface area contributed by atoms with E-state index < -0.39 is 47.6 Å². The van der Waals surface area contributed by atoms with Gasteiger partial charge in [-0.25, -0.2) is 14.4 Å². The van der Waals surface area contributed by atoms with Crippen molar-refractivity contribution in [2.45, 2.75) is 77.7 Å². The number of carbonyl (C=O) groups excluding carboxylic acids is 3. The number of benzene rings is 1. The highest BCUT2D eigenvalue weighted by Gasteiger charge is 2.47. The summed E-state index contributed by atoms with van der Waals surface area (Å²) < 4.78 is 43.6. The van der Waals surface area contributed by atoms with Gasteiger partial charge >= 0.3 is 24.0 Å². The van der Waals surface area contributed by atoms with E-state index in [4.69, 9.17) is 14.2 Å². The Morgan fingerprint density at radius 1 is 0.933 bits per heavy atom. The van der Waals surface area contributed by atoms with E-state index in [2.05, 4.69) is 5.32 Å². The third-order valence-electron chi connectivity index (χ3n) is 3.35. The topological polar surface area (TPSA) is 90.9 Å². The van der Waals surface area contributed by atoms with Crippen LogP contribution in [-0.4, -0.2) is 41.2 Å². The minimum atomic E-state index is -4.04. The lowest BCUT2D eigenvalue weighted by Gasteiger charge is -2.28. The highest BCUT2D eigenvalue weighted by atomic mass is 19.3. The average molecular weight is 429 g/mol. The Morgan fingerprint density at radius 3 is 1.97 bits per heavy atom. The maximum absolute atomic E-state index is 14.4. The van der Waals surface area contributed by atoms with Crippen molar-refractivity contribution in [2.24, 2.45) is 0 Å². The third kappa shape index (κ3) is 9.67. The van der Waals surface area contributed by atoms with Crippen molar-refractivity contribution in [1.29, 1.82) is 0 Å². The number of halogens is 2. The van der Waals surface area contributed by atoms with Gasteiger partial charge in [0, 0.05) is 0 Å². The summed E-state index contributed by atoms with van der Waals surface area (Å²) in [6.07, 6.45) is -2.44. The Hall–Kier alpha value is -2.71. The number of alkyl halides is 2. The molecule has 0 aliphatic rings. The first-order chi connectivity index (χ1) is 13.6. The Balaban J connectivity index is 2.89. The molecule has 1 atom stereocenters. The van der Waals surface area contributed by atoms with Crippen molar-refractivity contribution in [1.82, 2.24) is 5.32 Å². The van der Waals surface area contributed by atoms with Crippen molar-refractivity contribution in [3.8, 4) is 0 Å². The van der Waals surface area contributed by atoms with Gasteiger partial charge in [0.1, 0.15) is 23.9 Å². The van der Waals surface area contributed by atoms with Crippen LogP contribution < -0.4 is 5.32 Å². The maximum Gasteiger partial charge on any atom is 0.408 e. The van der Waals surface area contributed by atoms with E-state index in [1.54, 1.807) is 51.1 Å². The molecular weight excluding hydrogens is 400 g/mol. The lowest BCUT2D eigenvalue weighted by Crippen LogP contribution is -2.49. The molecule has 0 aliphatic heterocycles. The summed E-state index contributed by atoms with van der Waals surface area (Å²) in [7, 11) is 0. The first-order valence-electron chi connectivity index (χ1n) is 9.40. The molecule has 1 unspecified atom stereocenters. The number of carbonyl (C=O) groups is 3. The van der Waals surface area contributed by atoms with Crippen LogP contribution in [0.4, 0.5) is 13.6 Å². The lowest BCUT2D eigenvalue weighted by molar-refractivity contribution is -0.186. The molecule has 0 fully saturated rings. The van der Waals surface area contributed by atoms with Gasteiger partial charge < -0.3 is 19.5 Å². The molecule has 168 valence electrons. The fraction of sp³-hybridized carbons (Fsp3) is 0.571. The molecule has 1 amide bonds. The summed E-state index contributed by atoms with van der Waals surface area (Å²) in [5.74, 6) is -6.97. The van der Waals surface area contributed by atoms with Crippen LogP contribution in [0.3, 0.4) is 0 Å². The van der Waals surface area contributed by atoms with E-state index in [-0.39, 0.29) is 6.61 Å². The lowest BCUT2D eigenvalue weighted by atomic mass is 10.1. The molecule has 0 heterocycles. The summed E-state index contributed by atoms with van der Waals surface area (Å²) in [5.41, 5.74) is -1.48. The zero-order valence-corrected chi connectivity index (χ0v) is 18.1. The standard InChI is InChI=1S/C21H29F2NO6/c1-19(2,3)29-16(25)15(12-21(22,23)17(26)30-20(4,5)6)24-18(27)28-13-14-10-8-7-9-11-14/h7-11,15H,12-13H2,1-6H3,(H,24,27). The minimum absolute atomic E-state index is 0.129. The molecule has 7 nitrogen and oxygen atoms in total. The summed E-state index contributed by atoms with van der Waals surface area (Å²) >= 11 is 0. The highest BCUT2D eigenvalue weighted by Crippen LogP contribution is 2.26. The van der Waals surface area contributed by atoms with Gasteiger partial charge in [0.05, 0.1) is 6.42 Å². The van der Waals surface area contributed by atoms with Crippen molar-refractivity contribution >= 4 is 18.0 Å². The predicted octanol–water partition coefficient (Wildman–Crippen LogP) is 3.99. The fourth-order valence-electron chi connectivity index (χ4n) is 2.17. The molecule has 0 spiro atoms. The molecule has 0 aromatic heterocycles. The van der Waals surface area contributed by atoms with Crippen LogP contribution in [-0.2, 0) is 30.4 Å². The smallest absolute Gasteiger partial charge is 0.408 e. The quantitative estimate of drug-likeness (QED) is 0.521. The second kappa shape index (κ2) is 9.86. The first kappa shape index (κ1) is 25.3. The maximum atomic E-state index is 14.4. The number of hydrogen-bond acceptors (Lipinski definition) is 6. The molecule has 0 bridgehead atoms.